The van der Waals surface area contributed by atoms with Crippen molar-refractivity contribution in [2.24, 2.45) is 0 Å². The minimum absolute atomic E-state index is 0.157. The Labute approximate surface area is 58.5 Å². The molecule has 5 nitrogen and oxygen atoms in total. The summed E-state index contributed by atoms with van der Waals surface area (Å²) in [4.78, 5) is 0. The van der Waals surface area contributed by atoms with E-state index in [4.69, 9.17) is 20.4 Å². The van der Waals surface area contributed by atoms with Crippen molar-refractivity contribution in [2.75, 3.05) is 6.61 Å². The molecule has 0 fully saturated rings. The predicted molar refractivity (Wildman–Crippen MR) is 31.6 cm³/mol. The van der Waals surface area contributed by atoms with Gasteiger partial charge in [-0.25, -0.2) is 0 Å². The van der Waals surface area contributed by atoms with Crippen molar-refractivity contribution < 1.29 is 25.2 Å². The average molecular weight is 152 g/mol. The number of ether oxygens (including phenoxy) is 1. The summed E-state index contributed by atoms with van der Waals surface area (Å²) in [7, 11) is 0. The number of aliphatic hydroxyl groups is 4. The monoisotopic (exact) mass is 152 g/mol. The van der Waals surface area contributed by atoms with Gasteiger partial charge in [-0.05, 0) is 6.42 Å². The summed E-state index contributed by atoms with van der Waals surface area (Å²) in [5, 5.41) is 33.3. The van der Waals surface area contributed by atoms with Gasteiger partial charge >= 0.3 is 5.97 Å². The summed E-state index contributed by atoms with van der Waals surface area (Å²) in [6, 6.07) is 0. The van der Waals surface area contributed by atoms with Gasteiger partial charge in [0.2, 0.25) is 6.29 Å². The van der Waals surface area contributed by atoms with Gasteiger partial charge < -0.3 is 25.2 Å². The SMILES string of the molecule is CCCOC(O)C(O)(O)O. The molecular weight excluding hydrogens is 140 g/mol. The van der Waals surface area contributed by atoms with Crippen LogP contribution in [-0.4, -0.2) is 39.3 Å². The third-order valence-corrected chi connectivity index (χ3v) is 0.811. The highest BCUT2D eigenvalue weighted by Gasteiger charge is 2.30. The van der Waals surface area contributed by atoms with Crippen LogP contribution in [0.2, 0.25) is 0 Å². The zero-order valence-electron chi connectivity index (χ0n) is 5.69. The van der Waals surface area contributed by atoms with Gasteiger partial charge in [-0.2, -0.15) is 0 Å². The molecule has 10 heavy (non-hydrogen) atoms. The van der Waals surface area contributed by atoms with E-state index in [1.807, 2.05) is 0 Å². The van der Waals surface area contributed by atoms with Crippen LogP contribution in [0.1, 0.15) is 13.3 Å². The van der Waals surface area contributed by atoms with Crippen molar-refractivity contribution in [2.45, 2.75) is 25.6 Å². The molecule has 4 N–H and O–H groups in total. The smallest absolute Gasteiger partial charge is 0.329 e. The number of hydrogen-bond acceptors (Lipinski definition) is 5. The highest BCUT2D eigenvalue weighted by Crippen LogP contribution is 2.02. The third-order valence-electron chi connectivity index (χ3n) is 0.811. The largest absolute Gasteiger partial charge is 0.362 e. The van der Waals surface area contributed by atoms with Crippen LogP contribution < -0.4 is 0 Å². The highest BCUT2D eigenvalue weighted by atomic mass is 16.7. The first-order valence-electron chi connectivity index (χ1n) is 2.95. The van der Waals surface area contributed by atoms with Gasteiger partial charge in [-0.15, -0.1) is 0 Å². The molecule has 0 aromatic heterocycles. The van der Waals surface area contributed by atoms with Crippen molar-refractivity contribution >= 4 is 0 Å². The molecule has 0 aliphatic heterocycles. The summed E-state index contributed by atoms with van der Waals surface area (Å²) in [5.41, 5.74) is 0. The molecule has 0 saturated heterocycles. The fourth-order valence-electron chi connectivity index (χ4n) is 0.341. The van der Waals surface area contributed by atoms with E-state index in [1.165, 1.54) is 0 Å². The van der Waals surface area contributed by atoms with E-state index < -0.39 is 12.3 Å². The zero-order chi connectivity index (χ0) is 8.20. The molecule has 0 heterocycles. The lowest BCUT2D eigenvalue weighted by molar-refractivity contribution is -0.404. The normalized spacial score (nSPS) is 15.3. The van der Waals surface area contributed by atoms with Gasteiger partial charge in [0.05, 0.1) is 0 Å². The maximum atomic E-state index is 8.54. The van der Waals surface area contributed by atoms with Gasteiger partial charge in [0, 0.05) is 6.61 Å². The fraction of sp³-hybridized carbons (Fsp3) is 1.00. The van der Waals surface area contributed by atoms with Gasteiger partial charge in [0.15, 0.2) is 0 Å². The lowest BCUT2D eigenvalue weighted by atomic mass is 10.5. The second kappa shape index (κ2) is 3.85. The summed E-state index contributed by atoms with van der Waals surface area (Å²) in [6.45, 7) is 1.94. The first-order chi connectivity index (χ1) is 4.48. The van der Waals surface area contributed by atoms with Crippen molar-refractivity contribution in [1.82, 2.24) is 0 Å². The van der Waals surface area contributed by atoms with E-state index in [1.54, 1.807) is 6.92 Å². The van der Waals surface area contributed by atoms with Crippen molar-refractivity contribution in [3.05, 3.63) is 0 Å². The standard InChI is InChI=1S/C5H12O5/c1-2-3-10-4(6)5(7,8)9/h4,6-9H,2-3H2,1H3. The summed E-state index contributed by atoms with van der Waals surface area (Å²) in [6.07, 6.45) is -1.35. The van der Waals surface area contributed by atoms with Crippen LogP contribution in [0.25, 0.3) is 0 Å². The Balaban J connectivity index is 3.52. The summed E-state index contributed by atoms with van der Waals surface area (Å²) in [5.74, 6) is -3.16. The van der Waals surface area contributed by atoms with Crippen LogP contribution in [0, 0.1) is 0 Å². The molecule has 5 heteroatoms. The molecule has 0 bridgehead atoms. The molecular formula is C5H12O5. The Morgan fingerprint density at radius 1 is 1.40 bits per heavy atom. The van der Waals surface area contributed by atoms with Crippen LogP contribution >= 0.6 is 0 Å². The average Bonchev–Trinajstić information content (AvgIpc) is 1.80. The maximum Gasteiger partial charge on any atom is 0.329 e. The van der Waals surface area contributed by atoms with Crippen LogP contribution in [0.5, 0.6) is 0 Å². The van der Waals surface area contributed by atoms with Crippen LogP contribution in [-0.2, 0) is 4.74 Å². The number of hydrogen-bond donors (Lipinski definition) is 4. The van der Waals surface area contributed by atoms with Gasteiger partial charge in [-0.1, -0.05) is 6.92 Å². The van der Waals surface area contributed by atoms with E-state index in [-0.39, 0.29) is 6.61 Å². The molecule has 0 rings (SSSR count). The molecule has 0 spiro atoms. The quantitative estimate of drug-likeness (QED) is 0.363. The van der Waals surface area contributed by atoms with Gasteiger partial charge in [0.25, 0.3) is 0 Å². The zero-order valence-corrected chi connectivity index (χ0v) is 5.69. The molecule has 0 radical (unpaired) electrons. The molecule has 0 aliphatic rings. The van der Waals surface area contributed by atoms with Gasteiger partial charge in [-0.3, -0.25) is 0 Å². The van der Waals surface area contributed by atoms with E-state index in [2.05, 4.69) is 4.74 Å². The van der Waals surface area contributed by atoms with E-state index in [0.29, 0.717) is 6.42 Å². The number of aliphatic hydroxyl groups excluding tert-OH is 1. The summed E-state index contributed by atoms with van der Waals surface area (Å²) >= 11 is 0. The van der Waals surface area contributed by atoms with Crippen molar-refractivity contribution in [3.63, 3.8) is 0 Å². The molecule has 0 saturated carbocycles. The summed E-state index contributed by atoms with van der Waals surface area (Å²) < 4.78 is 4.36. The molecule has 0 amide bonds. The first-order valence-corrected chi connectivity index (χ1v) is 2.95. The minimum Gasteiger partial charge on any atom is -0.362 e. The molecule has 0 aromatic carbocycles. The van der Waals surface area contributed by atoms with E-state index in [9.17, 15) is 0 Å². The van der Waals surface area contributed by atoms with Crippen molar-refractivity contribution in [1.29, 1.82) is 0 Å². The molecule has 62 valence electrons. The molecule has 1 unspecified atom stereocenters. The van der Waals surface area contributed by atoms with Crippen LogP contribution in [0.3, 0.4) is 0 Å². The second-order valence-electron chi connectivity index (χ2n) is 1.91. The van der Waals surface area contributed by atoms with Crippen LogP contribution in [0.15, 0.2) is 0 Å². The predicted octanol–water partition coefficient (Wildman–Crippen LogP) is -1.64. The highest BCUT2D eigenvalue weighted by molar-refractivity contribution is 4.49. The topological polar surface area (TPSA) is 90.2 Å². The Hall–Kier alpha value is -0.200. The maximum absolute atomic E-state index is 8.54. The lowest BCUT2D eigenvalue weighted by Crippen LogP contribution is -2.43. The Morgan fingerprint density at radius 3 is 2.20 bits per heavy atom. The number of rotatable bonds is 4. The first kappa shape index (κ1) is 9.80. The third kappa shape index (κ3) is 3.76. The molecule has 0 aliphatic carbocycles. The fourth-order valence-corrected chi connectivity index (χ4v) is 0.341. The Kier molecular flexibility index (Phi) is 3.77. The molecule has 1 atom stereocenters. The Bertz CT molecular complexity index is 86.5. The second-order valence-corrected chi connectivity index (χ2v) is 1.91. The van der Waals surface area contributed by atoms with Crippen LogP contribution in [0.4, 0.5) is 0 Å². The van der Waals surface area contributed by atoms with E-state index >= 15 is 0 Å². The van der Waals surface area contributed by atoms with Gasteiger partial charge in [0.1, 0.15) is 0 Å². The lowest BCUT2D eigenvalue weighted by Gasteiger charge is -2.20. The minimum atomic E-state index is -3.16. The van der Waals surface area contributed by atoms with Crippen molar-refractivity contribution in [3.8, 4) is 0 Å². The van der Waals surface area contributed by atoms with E-state index in [0.717, 1.165) is 0 Å². The molecule has 0 aromatic rings. The Morgan fingerprint density at radius 2 is 1.90 bits per heavy atom.